The quantitative estimate of drug-likeness (QED) is 0.184. The van der Waals surface area contributed by atoms with Crippen LogP contribution < -0.4 is 0 Å². The first-order valence-electron chi connectivity index (χ1n) is 17.4. The van der Waals surface area contributed by atoms with Crippen LogP contribution in [0, 0.1) is 0 Å². The molecule has 0 amide bonds. The van der Waals surface area contributed by atoms with Crippen molar-refractivity contribution in [2.24, 2.45) is 0 Å². The monoisotopic (exact) mass is 624 g/mol. The highest BCUT2D eigenvalue weighted by Gasteiger charge is 2.25. The molecule has 238 valence electrons. The number of aryl methyl sites for hydroxylation is 1. The number of fused-ring (bicyclic) bond motifs is 6. The lowest BCUT2D eigenvalue weighted by Crippen LogP contribution is -2.17. The molecule has 6 aromatic carbocycles. The molecule has 0 saturated heterocycles. The third-order valence-electron chi connectivity index (χ3n) is 10.2. The molecule has 0 bridgehead atoms. The summed E-state index contributed by atoms with van der Waals surface area (Å²) in [5.74, 6) is 0. The maximum atomic E-state index is 2.54. The first kappa shape index (κ1) is 30.3. The minimum atomic E-state index is 0.0161. The summed E-state index contributed by atoms with van der Waals surface area (Å²) < 4.78 is 5.03. The molecule has 8 aromatic rings. The van der Waals surface area contributed by atoms with Crippen LogP contribution in [-0.2, 0) is 17.3 Å². The molecule has 0 aliphatic rings. The first-order valence-corrected chi connectivity index (χ1v) is 17.4. The van der Waals surface area contributed by atoms with Crippen LogP contribution in [0.25, 0.3) is 66.1 Å². The van der Waals surface area contributed by atoms with Crippen molar-refractivity contribution in [2.75, 3.05) is 0 Å². The van der Waals surface area contributed by atoms with Crippen molar-refractivity contribution < 1.29 is 0 Å². The van der Waals surface area contributed by atoms with Gasteiger partial charge in [-0.1, -0.05) is 133 Å². The molecule has 8 rings (SSSR count). The summed E-state index contributed by atoms with van der Waals surface area (Å²) in [5.41, 5.74) is 14.1. The SMILES string of the molecule is CCc1c(-n2c3ccccc3c3ccccc32)ccc2c1c1c(-c3ccccc3)cccc1n2-c1cc(C(C)(C)C)cc(C(C)(C)C)c1. The van der Waals surface area contributed by atoms with E-state index in [-0.39, 0.29) is 10.8 Å². The molecule has 0 atom stereocenters. The van der Waals surface area contributed by atoms with Crippen LogP contribution in [0.2, 0.25) is 0 Å². The fourth-order valence-corrected chi connectivity index (χ4v) is 7.70. The zero-order valence-corrected chi connectivity index (χ0v) is 29.2. The highest BCUT2D eigenvalue weighted by atomic mass is 15.0. The van der Waals surface area contributed by atoms with Gasteiger partial charge in [-0.3, -0.25) is 0 Å². The molecule has 2 heteroatoms. The van der Waals surface area contributed by atoms with Crippen molar-refractivity contribution in [3.63, 3.8) is 0 Å². The van der Waals surface area contributed by atoms with E-state index in [1.54, 1.807) is 0 Å². The molecule has 0 fully saturated rings. The first-order chi connectivity index (χ1) is 23.1. The molecular weight excluding hydrogens is 581 g/mol. The maximum Gasteiger partial charge on any atom is 0.0547 e. The summed E-state index contributed by atoms with van der Waals surface area (Å²) in [7, 11) is 0. The Morgan fingerprint density at radius 1 is 0.479 bits per heavy atom. The summed E-state index contributed by atoms with van der Waals surface area (Å²) in [6.45, 7) is 16.3. The van der Waals surface area contributed by atoms with Gasteiger partial charge in [0.25, 0.3) is 0 Å². The Bertz CT molecular complexity index is 2410. The van der Waals surface area contributed by atoms with Crippen molar-refractivity contribution in [3.05, 3.63) is 144 Å². The molecule has 0 aliphatic carbocycles. The predicted molar refractivity (Wildman–Crippen MR) is 207 cm³/mol. The van der Waals surface area contributed by atoms with Gasteiger partial charge in [-0.05, 0) is 87.5 Å². The van der Waals surface area contributed by atoms with E-state index in [0.717, 1.165) is 6.42 Å². The topological polar surface area (TPSA) is 9.86 Å². The van der Waals surface area contributed by atoms with Crippen molar-refractivity contribution in [2.45, 2.75) is 65.7 Å². The summed E-state index contributed by atoms with van der Waals surface area (Å²) in [5, 5.41) is 5.23. The Morgan fingerprint density at radius 3 is 1.60 bits per heavy atom. The number of hydrogen-bond donors (Lipinski definition) is 0. The second-order valence-electron chi connectivity index (χ2n) is 15.4. The molecule has 0 saturated carbocycles. The Hall–Kier alpha value is -5.08. The van der Waals surface area contributed by atoms with Crippen LogP contribution in [0.4, 0.5) is 0 Å². The van der Waals surface area contributed by atoms with E-state index in [9.17, 15) is 0 Å². The second kappa shape index (κ2) is 11.0. The lowest BCUT2D eigenvalue weighted by atomic mass is 9.80. The van der Waals surface area contributed by atoms with Gasteiger partial charge >= 0.3 is 0 Å². The van der Waals surface area contributed by atoms with Crippen molar-refractivity contribution >= 4 is 43.6 Å². The van der Waals surface area contributed by atoms with Gasteiger partial charge in [-0.15, -0.1) is 0 Å². The highest BCUT2D eigenvalue weighted by Crippen LogP contribution is 2.44. The summed E-state index contributed by atoms with van der Waals surface area (Å²) >= 11 is 0. The van der Waals surface area contributed by atoms with E-state index in [2.05, 4.69) is 185 Å². The molecule has 0 unspecified atom stereocenters. The number of para-hydroxylation sites is 2. The average Bonchev–Trinajstić information content (AvgIpc) is 3.60. The van der Waals surface area contributed by atoms with E-state index < -0.39 is 0 Å². The standard InChI is InChI=1S/C46H44N2/c1-8-34-40(48-38-22-14-12-19-36(38)37-20-13-15-23-39(37)48)25-26-42-43(34)44-35(30-17-10-9-11-18-30)21-16-24-41(44)47(42)33-28-31(45(2,3)4)27-32(29-33)46(5,6)7/h9-29H,8H2,1-7H3. The molecule has 0 spiro atoms. The van der Waals surface area contributed by atoms with Gasteiger partial charge in [0.2, 0.25) is 0 Å². The number of rotatable bonds is 4. The highest BCUT2D eigenvalue weighted by molar-refractivity contribution is 6.18. The molecule has 48 heavy (non-hydrogen) atoms. The van der Waals surface area contributed by atoms with Crippen LogP contribution in [-0.4, -0.2) is 9.13 Å². The molecule has 2 aromatic heterocycles. The van der Waals surface area contributed by atoms with E-state index >= 15 is 0 Å². The van der Waals surface area contributed by atoms with Gasteiger partial charge in [-0.25, -0.2) is 0 Å². The van der Waals surface area contributed by atoms with Gasteiger partial charge in [0, 0.05) is 27.2 Å². The Labute approximate surface area is 284 Å². The number of aromatic nitrogens is 2. The van der Waals surface area contributed by atoms with Crippen LogP contribution in [0.15, 0.2) is 127 Å². The molecule has 2 heterocycles. The molecule has 0 N–H and O–H groups in total. The number of benzene rings is 6. The van der Waals surface area contributed by atoms with Gasteiger partial charge in [0.15, 0.2) is 0 Å². The zero-order chi connectivity index (χ0) is 33.4. The fraction of sp³-hybridized carbons (Fsp3) is 0.217. The molecule has 2 nitrogen and oxygen atoms in total. The van der Waals surface area contributed by atoms with E-state index in [1.165, 1.54) is 82.8 Å². The van der Waals surface area contributed by atoms with Crippen molar-refractivity contribution in [3.8, 4) is 22.5 Å². The maximum absolute atomic E-state index is 2.54. The van der Waals surface area contributed by atoms with E-state index in [1.807, 2.05) is 0 Å². The fourth-order valence-electron chi connectivity index (χ4n) is 7.70. The number of hydrogen-bond acceptors (Lipinski definition) is 0. The Balaban J connectivity index is 1.55. The van der Waals surface area contributed by atoms with E-state index in [0.29, 0.717) is 0 Å². The van der Waals surface area contributed by atoms with Gasteiger partial charge in [0.1, 0.15) is 0 Å². The lowest BCUT2D eigenvalue weighted by molar-refractivity contribution is 0.568. The van der Waals surface area contributed by atoms with Gasteiger partial charge in [0.05, 0.1) is 27.8 Å². The predicted octanol–water partition coefficient (Wildman–Crippen LogP) is 12.7. The lowest BCUT2D eigenvalue weighted by Gasteiger charge is -2.27. The summed E-state index contributed by atoms with van der Waals surface area (Å²) in [6.07, 6.45) is 0.908. The van der Waals surface area contributed by atoms with Crippen molar-refractivity contribution in [1.82, 2.24) is 9.13 Å². The van der Waals surface area contributed by atoms with Crippen LogP contribution in [0.3, 0.4) is 0 Å². The second-order valence-corrected chi connectivity index (χ2v) is 15.4. The number of nitrogens with zero attached hydrogens (tertiary/aromatic N) is 2. The Kier molecular flexibility index (Phi) is 6.93. The minimum Gasteiger partial charge on any atom is -0.309 e. The molecule has 0 aliphatic heterocycles. The van der Waals surface area contributed by atoms with Crippen LogP contribution in [0.5, 0.6) is 0 Å². The summed E-state index contributed by atoms with van der Waals surface area (Å²) in [4.78, 5) is 0. The summed E-state index contributed by atoms with van der Waals surface area (Å²) in [6, 6.07) is 47.5. The largest absolute Gasteiger partial charge is 0.309 e. The normalized spacial score (nSPS) is 12.6. The third kappa shape index (κ3) is 4.69. The smallest absolute Gasteiger partial charge is 0.0547 e. The Morgan fingerprint density at radius 2 is 1.02 bits per heavy atom. The third-order valence-corrected chi connectivity index (χ3v) is 10.2. The van der Waals surface area contributed by atoms with Gasteiger partial charge < -0.3 is 9.13 Å². The van der Waals surface area contributed by atoms with Crippen LogP contribution in [0.1, 0.15) is 65.2 Å². The van der Waals surface area contributed by atoms with E-state index in [4.69, 9.17) is 0 Å². The van der Waals surface area contributed by atoms with Crippen molar-refractivity contribution in [1.29, 1.82) is 0 Å². The minimum absolute atomic E-state index is 0.0161. The van der Waals surface area contributed by atoms with Crippen LogP contribution >= 0.6 is 0 Å². The zero-order valence-electron chi connectivity index (χ0n) is 29.2. The molecule has 0 radical (unpaired) electrons. The average molecular weight is 625 g/mol. The van der Waals surface area contributed by atoms with Gasteiger partial charge in [-0.2, -0.15) is 0 Å². The molecular formula is C46H44N2.